The quantitative estimate of drug-likeness (QED) is 0.377. The van der Waals surface area contributed by atoms with Crippen LogP contribution in [-0.4, -0.2) is 34.8 Å². The van der Waals surface area contributed by atoms with Crippen LogP contribution in [0.4, 0.5) is 19.0 Å². The average Bonchev–Trinajstić information content (AvgIpc) is 3.21. The molecule has 0 aliphatic rings. The van der Waals surface area contributed by atoms with Gasteiger partial charge in [0, 0.05) is 36.4 Å². The third-order valence-electron chi connectivity index (χ3n) is 4.51. The van der Waals surface area contributed by atoms with Crippen LogP contribution in [0.25, 0.3) is 21.3 Å². The molecule has 0 radical (unpaired) electrons. The fraction of sp³-hybridized carbons (Fsp3) is 0.227. The van der Waals surface area contributed by atoms with Gasteiger partial charge in [0.25, 0.3) is 0 Å². The topological polar surface area (TPSA) is 69.2 Å². The Morgan fingerprint density at radius 1 is 1.06 bits per heavy atom. The van der Waals surface area contributed by atoms with E-state index in [1.54, 1.807) is 19.2 Å². The van der Waals surface area contributed by atoms with Gasteiger partial charge in [-0.2, -0.15) is 13.2 Å². The number of ether oxygens (including phenoxy) is 2. The summed E-state index contributed by atoms with van der Waals surface area (Å²) < 4.78 is 47.8. The molecule has 0 saturated heterocycles. The van der Waals surface area contributed by atoms with Crippen LogP contribution in [-0.2, 0) is 17.9 Å². The molecule has 1 aromatic carbocycles. The third kappa shape index (κ3) is 5.14. The van der Waals surface area contributed by atoms with Gasteiger partial charge in [0.05, 0.1) is 5.39 Å². The molecule has 0 spiro atoms. The Kier molecular flexibility index (Phi) is 6.52. The van der Waals surface area contributed by atoms with Crippen molar-refractivity contribution in [1.82, 2.24) is 15.0 Å². The summed E-state index contributed by atoms with van der Waals surface area (Å²) >= 11 is 1.49. The minimum Gasteiger partial charge on any atom is -0.468 e. The highest BCUT2D eigenvalue weighted by Crippen LogP contribution is 2.37. The van der Waals surface area contributed by atoms with Crippen molar-refractivity contribution in [2.75, 3.05) is 19.0 Å². The van der Waals surface area contributed by atoms with E-state index in [4.69, 9.17) is 9.47 Å². The number of hydrogen-bond donors (Lipinski definition) is 1. The first kappa shape index (κ1) is 22.0. The molecule has 0 saturated carbocycles. The first-order chi connectivity index (χ1) is 15.4. The summed E-state index contributed by atoms with van der Waals surface area (Å²) in [5.41, 5.74) is 2.46. The number of rotatable bonds is 8. The second-order valence-corrected chi connectivity index (χ2v) is 7.70. The zero-order valence-corrected chi connectivity index (χ0v) is 17.8. The predicted molar refractivity (Wildman–Crippen MR) is 117 cm³/mol. The number of thiophene rings is 1. The van der Waals surface area contributed by atoms with Crippen molar-refractivity contribution in [2.24, 2.45) is 0 Å². The lowest BCUT2D eigenvalue weighted by molar-refractivity contribution is -0.154. The van der Waals surface area contributed by atoms with E-state index in [0.717, 1.165) is 21.3 Å². The number of benzene rings is 1. The number of pyridine rings is 1. The fourth-order valence-electron chi connectivity index (χ4n) is 3.16. The Balaban J connectivity index is 1.68. The summed E-state index contributed by atoms with van der Waals surface area (Å²) in [5, 5.41) is 6.08. The van der Waals surface area contributed by atoms with Crippen molar-refractivity contribution < 1.29 is 22.6 Å². The standard InChI is InChI=1S/C22H19F3N4O2S/c1-30-11-17-28-19(18-16(12-32-21(18)29-17)14-6-3-2-4-7-14)27-10-15-8-5-9-26-20(15)31-13-22(23,24)25/h2-9,12H,10-11,13H2,1H3,(H,27,28,29). The zero-order chi connectivity index (χ0) is 22.6. The van der Waals surface area contributed by atoms with E-state index in [9.17, 15) is 13.2 Å². The normalized spacial score (nSPS) is 11.6. The summed E-state index contributed by atoms with van der Waals surface area (Å²) in [6.07, 6.45) is -3.06. The first-order valence-electron chi connectivity index (χ1n) is 9.64. The van der Waals surface area contributed by atoms with E-state index in [2.05, 4.69) is 20.3 Å². The van der Waals surface area contributed by atoms with Crippen molar-refractivity contribution >= 4 is 27.4 Å². The van der Waals surface area contributed by atoms with Crippen molar-refractivity contribution in [2.45, 2.75) is 19.3 Å². The van der Waals surface area contributed by atoms with Gasteiger partial charge in [-0.15, -0.1) is 11.3 Å². The van der Waals surface area contributed by atoms with Gasteiger partial charge in [-0.1, -0.05) is 36.4 Å². The molecule has 4 aromatic rings. The molecule has 1 N–H and O–H groups in total. The summed E-state index contributed by atoms with van der Waals surface area (Å²) in [6, 6.07) is 13.1. The van der Waals surface area contributed by atoms with Crippen molar-refractivity contribution in [3.63, 3.8) is 0 Å². The fourth-order valence-corrected chi connectivity index (χ4v) is 4.12. The molecule has 0 unspecified atom stereocenters. The van der Waals surface area contributed by atoms with Gasteiger partial charge < -0.3 is 14.8 Å². The molecule has 3 heterocycles. The van der Waals surface area contributed by atoms with Gasteiger partial charge >= 0.3 is 6.18 Å². The number of aromatic nitrogens is 3. The maximum atomic E-state index is 12.6. The van der Waals surface area contributed by atoms with Crippen LogP contribution in [0, 0.1) is 0 Å². The minimum atomic E-state index is -4.45. The molecule has 10 heteroatoms. The molecule has 0 atom stereocenters. The molecule has 166 valence electrons. The van der Waals surface area contributed by atoms with Crippen LogP contribution in [0.2, 0.25) is 0 Å². The number of alkyl halides is 3. The maximum absolute atomic E-state index is 12.6. The molecular weight excluding hydrogens is 441 g/mol. The Morgan fingerprint density at radius 2 is 1.88 bits per heavy atom. The third-order valence-corrected chi connectivity index (χ3v) is 5.38. The highest BCUT2D eigenvalue weighted by atomic mass is 32.1. The average molecular weight is 460 g/mol. The molecule has 6 nitrogen and oxygen atoms in total. The van der Waals surface area contributed by atoms with Gasteiger partial charge in [0.15, 0.2) is 12.4 Å². The molecule has 4 rings (SSSR count). The Labute approximate surface area is 186 Å². The van der Waals surface area contributed by atoms with Crippen LogP contribution in [0.5, 0.6) is 5.88 Å². The van der Waals surface area contributed by atoms with Crippen LogP contribution < -0.4 is 10.1 Å². The smallest absolute Gasteiger partial charge is 0.422 e. The lowest BCUT2D eigenvalue weighted by atomic mass is 10.1. The molecule has 0 aliphatic heterocycles. The first-order valence-corrected chi connectivity index (χ1v) is 10.5. The Morgan fingerprint density at radius 3 is 2.62 bits per heavy atom. The van der Waals surface area contributed by atoms with Crippen LogP contribution in [0.1, 0.15) is 11.4 Å². The second-order valence-electron chi connectivity index (χ2n) is 6.84. The summed E-state index contributed by atoms with van der Waals surface area (Å²) in [6.45, 7) is -1.00. The van der Waals surface area contributed by atoms with Gasteiger partial charge in [-0.25, -0.2) is 15.0 Å². The van der Waals surface area contributed by atoms with Crippen LogP contribution >= 0.6 is 11.3 Å². The highest BCUT2D eigenvalue weighted by Gasteiger charge is 2.29. The maximum Gasteiger partial charge on any atom is 0.422 e. The number of nitrogens with zero attached hydrogens (tertiary/aromatic N) is 3. The van der Waals surface area contributed by atoms with Crippen LogP contribution in [0.3, 0.4) is 0 Å². The lowest BCUT2D eigenvalue weighted by Crippen LogP contribution is -2.20. The molecule has 32 heavy (non-hydrogen) atoms. The van der Waals surface area contributed by atoms with Gasteiger partial charge in [-0.05, 0) is 11.6 Å². The van der Waals surface area contributed by atoms with E-state index in [-0.39, 0.29) is 19.0 Å². The van der Waals surface area contributed by atoms with Gasteiger partial charge in [0.2, 0.25) is 5.88 Å². The monoisotopic (exact) mass is 460 g/mol. The van der Waals surface area contributed by atoms with E-state index in [0.29, 0.717) is 17.2 Å². The summed E-state index contributed by atoms with van der Waals surface area (Å²) in [4.78, 5) is 13.9. The van der Waals surface area contributed by atoms with Crippen LogP contribution in [0.15, 0.2) is 54.0 Å². The highest BCUT2D eigenvalue weighted by molar-refractivity contribution is 7.17. The summed E-state index contributed by atoms with van der Waals surface area (Å²) in [5.74, 6) is 0.991. The number of halogens is 3. The van der Waals surface area contributed by atoms with E-state index in [1.165, 1.54) is 17.5 Å². The number of anilines is 1. The second kappa shape index (κ2) is 9.49. The molecule has 0 fully saturated rings. The molecular formula is C22H19F3N4O2S. The zero-order valence-electron chi connectivity index (χ0n) is 17.0. The lowest BCUT2D eigenvalue weighted by Gasteiger charge is -2.14. The largest absolute Gasteiger partial charge is 0.468 e. The number of nitrogens with one attached hydrogen (secondary N) is 1. The van der Waals surface area contributed by atoms with Crippen molar-refractivity contribution in [3.8, 4) is 17.0 Å². The van der Waals surface area contributed by atoms with E-state index >= 15 is 0 Å². The molecule has 0 bridgehead atoms. The summed E-state index contributed by atoms with van der Waals surface area (Å²) in [7, 11) is 1.56. The molecule has 3 aromatic heterocycles. The number of methoxy groups -OCH3 is 1. The SMILES string of the molecule is COCc1nc(NCc2cccnc2OCC(F)(F)F)c2c(-c3ccccc3)csc2n1. The van der Waals surface area contributed by atoms with Crippen molar-refractivity contribution in [3.05, 3.63) is 65.4 Å². The predicted octanol–water partition coefficient (Wildman–Crippen LogP) is 5.45. The van der Waals surface area contributed by atoms with Gasteiger partial charge in [-0.3, -0.25) is 0 Å². The van der Waals surface area contributed by atoms with Gasteiger partial charge in [0.1, 0.15) is 17.3 Å². The molecule has 0 aliphatic carbocycles. The number of fused-ring (bicyclic) bond motifs is 1. The van der Waals surface area contributed by atoms with E-state index in [1.807, 2.05) is 35.7 Å². The number of hydrogen-bond acceptors (Lipinski definition) is 7. The minimum absolute atomic E-state index is 0.0756. The molecule has 0 amide bonds. The Bertz CT molecular complexity index is 1200. The van der Waals surface area contributed by atoms with Crippen molar-refractivity contribution in [1.29, 1.82) is 0 Å². The van der Waals surface area contributed by atoms with E-state index < -0.39 is 12.8 Å². The Hall–Kier alpha value is -3.24.